The van der Waals surface area contributed by atoms with Crippen LogP contribution in [0.2, 0.25) is 0 Å². The number of nitrogens with zero attached hydrogens (tertiary/aromatic N) is 1. The molecule has 2 aromatic carbocycles. The molecule has 1 aromatic heterocycles. The summed E-state index contributed by atoms with van der Waals surface area (Å²) in [7, 11) is 0. The van der Waals surface area contributed by atoms with Crippen molar-refractivity contribution in [3.8, 4) is 17.4 Å². The molecule has 0 radical (unpaired) electrons. The molecule has 0 aliphatic carbocycles. The van der Waals surface area contributed by atoms with E-state index in [1.807, 2.05) is 62.4 Å². The molecule has 0 unspecified atom stereocenters. The highest BCUT2D eigenvalue weighted by Gasteiger charge is 2.14. The fourth-order valence-electron chi connectivity index (χ4n) is 3.29. The van der Waals surface area contributed by atoms with Gasteiger partial charge >= 0.3 is 0 Å². The molecule has 30 heavy (non-hydrogen) atoms. The van der Waals surface area contributed by atoms with Gasteiger partial charge in [-0.25, -0.2) is 4.98 Å². The predicted octanol–water partition coefficient (Wildman–Crippen LogP) is 5.25. The van der Waals surface area contributed by atoms with Crippen molar-refractivity contribution in [2.24, 2.45) is 5.73 Å². The van der Waals surface area contributed by atoms with Crippen LogP contribution in [0.15, 0.2) is 72.9 Å². The van der Waals surface area contributed by atoms with Gasteiger partial charge in [-0.15, -0.1) is 0 Å². The van der Waals surface area contributed by atoms with Crippen LogP contribution in [-0.2, 0) is 11.2 Å². The van der Waals surface area contributed by atoms with Crippen molar-refractivity contribution in [2.75, 3.05) is 0 Å². The largest absolute Gasteiger partial charge is 0.475 e. The SMILES string of the molecule is CC(C)Oc1ccc(Oc2ccc(CC[C@@H](CC(N)=O)c3ccccc3)cc2)cn1. The number of benzene rings is 2. The highest BCUT2D eigenvalue weighted by atomic mass is 16.5. The quantitative estimate of drug-likeness (QED) is 0.501. The summed E-state index contributed by atoms with van der Waals surface area (Å²) in [5.41, 5.74) is 7.79. The summed E-state index contributed by atoms with van der Waals surface area (Å²) in [4.78, 5) is 15.7. The van der Waals surface area contributed by atoms with E-state index in [0.29, 0.717) is 18.1 Å². The molecule has 3 rings (SSSR count). The lowest BCUT2D eigenvalue weighted by Crippen LogP contribution is -2.16. The molecule has 3 aromatic rings. The van der Waals surface area contributed by atoms with Crippen LogP contribution in [0, 0.1) is 0 Å². The Morgan fingerprint density at radius 3 is 2.27 bits per heavy atom. The van der Waals surface area contributed by atoms with Crippen molar-refractivity contribution >= 4 is 5.91 Å². The highest BCUT2D eigenvalue weighted by Crippen LogP contribution is 2.27. The van der Waals surface area contributed by atoms with Gasteiger partial charge in [-0.05, 0) is 61.9 Å². The van der Waals surface area contributed by atoms with Gasteiger partial charge in [-0.1, -0.05) is 42.5 Å². The monoisotopic (exact) mass is 404 g/mol. The summed E-state index contributed by atoms with van der Waals surface area (Å²) < 4.78 is 11.4. The Balaban J connectivity index is 1.57. The first-order valence-corrected chi connectivity index (χ1v) is 10.2. The number of aryl methyl sites for hydroxylation is 1. The Morgan fingerprint density at radius 1 is 0.967 bits per heavy atom. The van der Waals surface area contributed by atoms with Crippen LogP contribution < -0.4 is 15.2 Å². The lowest BCUT2D eigenvalue weighted by molar-refractivity contribution is -0.118. The van der Waals surface area contributed by atoms with Gasteiger partial charge in [0, 0.05) is 12.5 Å². The summed E-state index contributed by atoms with van der Waals surface area (Å²) >= 11 is 0. The van der Waals surface area contributed by atoms with Crippen molar-refractivity contribution in [3.63, 3.8) is 0 Å². The van der Waals surface area contributed by atoms with Crippen molar-refractivity contribution < 1.29 is 14.3 Å². The normalized spacial score (nSPS) is 11.8. The molecule has 1 atom stereocenters. The van der Waals surface area contributed by atoms with E-state index < -0.39 is 0 Å². The topological polar surface area (TPSA) is 74.4 Å². The number of pyridine rings is 1. The first-order valence-electron chi connectivity index (χ1n) is 10.2. The summed E-state index contributed by atoms with van der Waals surface area (Å²) in [6.45, 7) is 3.92. The van der Waals surface area contributed by atoms with Crippen LogP contribution in [0.3, 0.4) is 0 Å². The Kier molecular flexibility index (Phi) is 7.44. The predicted molar refractivity (Wildman–Crippen MR) is 118 cm³/mol. The third-order valence-electron chi connectivity index (χ3n) is 4.72. The van der Waals surface area contributed by atoms with Crippen LogP contribution in [0.25, 0.3) is 0 Å². The van der Waals surface area contributed by atoms with Crippen molar-refractivity contribution in [1.82, 2.24) is 4.98 Å². The highest BCUT2D eigenvalue weighted by molar-refractivity contribution is 5.74. The van der Waals surface area contributed by atoms with Crippen molar-refractivity contribution in [3.05, 3.63) is 84.1 Å². The van der Waals surface area contributed by atoms with E-state index in [1.165, 1.54) is 5.56 Å². The minimum Gasteiger partial charge on any atom is -0.475 e. The van der Waals surface area contributed by atoms with E-state index in [-0.39, 0.29) is 17.9 Å². The molecule has 0 spiro atoms. The van der Waals surface area contributed by atoms with Gasteiger partial charge in [-0.3, -0.25) is 4.79 Å². The van der Waals surface area contributed by atoms with Gasteiger partial charge in [0.05, 0.1) is 12.3 Å². The zero-order valence-electron chi connectivity index (χ0n) is 17.5. The van der Waals surface area contributed by atoms with Crippen LogP contribution in [0.5, 0.6) is 17.4 Å². The number of amides is 1. The molecule has 1 amide bonds. The molecule has 156 valence electrons. The minimum atomic E-state index is -0.272. The van der Waals surface area contributed by atoms with E-state index in [9.17, 15) is 4.79 Å². The minimum absolute atomic E-state index is 0.0845. The maximum Gasteiger partial charge on any atom is 0.218 e. The average Bonchev–Trinajstić information content (AvgIpc) is 2.73. The number of aromatic nitrogens is 1. The fraction of sp³-hybridized carbons (Fsp3) is 0.280. The number of hydrogen-bond donors (Lipinski definition) is 1. The Labute approximate surface area is 177 Å². The van der Waals surface area contributed by atoms with Gasteiger partial charge in [0.25, 0.3) is 0 Å². The number of hydrogen-bond acceptors (Lipinski definition) is 4. The van der Waals surface area contributed by atoms with Gasteiger partial charge in [-0.2, -0.15) is 0 Å². The van der Waals surface area contributed by atoms with E-state index in [0.717, 1.165) is 24.2 Å². The van der Waals surface area contributed by atoms with E-state index in [2.05, 4.69) is 17.1 Å². The average molecular weight is 405 g/mol. The summed E-state index contributed by atoms with van der Waals surface area (Å²) in [5.74, 6) is 1.83. The molecule has 0 aliphatic rings. The summed E-state index contributed by atoms with van der Waals surface area (Å²) in [6.07, 6.45) is 3.81. The number of carbonyl (C=O) groups excluding carboxylic acids is 1. The Morgan fingerprint density at radius 2 is 1.67 bits per heavy atom. The molecular formula is C25H28N2O3. The Bertz CT molecular complexity index is 923. The smallest absolute Gasteiger partial charge is 0.218 e. The van der Waals surface area contributed by atoms with Crippen LogP contribution in [0.1, 0.15) is 43.7 Å². The number of ether oxygens (including phenoxy) is 2. The molecular weight excluding hydrogens is 376 g/mol. The van der Waals surface area contributed by atoms with E-state index in [4.69, 9.17) is 15.2 Å². The molecule has 0 fully saturated rings. The standard InChI is InChI=1S/C25H28N2O3/c1-18(2)29-25-15-14-23(17-27-25)30-22-12-9-19(10-13-22)8-11-21(16-24(26)28)20-6-4-3-5-7-20/h3-7,9-10,12-15,17-18,21H,8,11,16H2,1-2H3,(H2,26,28)/t21-/m0/s1. The van der Waals surface area contributed by atoms with Crippen LogP contribution in [-0.4, -0.2) is 17.0 Å². The zero-order valence-corrected chi connectivity index (χ0v) is 17.5. The lowest BCUT2D eigenvalue weighted by Gasteiger charge is -2.16. The number of primary amides is 1. The third kappa shape index (κ3) is 6.62. The zero-order chi connectivity index (χ0) is 21.3. The molecule has 1 heterocycles. The summed E-state index contributed by atoms with van der Waals surface area (Å²) in [6, 6.07) is 21.7. The molecule has 5 heteroatoms. The second kappa shape index (κ2) is 10.4. The molecule has 0 saturated carbocycles. The van der Waals surface area contributed by atoms with Gasteiger partial charge in [0.15, 0.2) is 0 Å². The molecule has 0 saturated heterocycles. The molecule has 0 aliphatic heterocycles. The van der Waals surface area contributed by atoms with E-state index in [1.54, 1.807) is 12.3 Å². The number of nitrogens with two attached hydrogens (primary N) is 1. The Hall–Kier alpha value is -3.34. The first kappa shape index (κ1) is 21.4. The molecule has 2 N–H and O–H groups in total. The maximum absolute atomic E-state index is 11.5. The van der Waals surface area contributed by atoms with Crippen LogP contribution in [0.4, 0.5) is 0 Å². The van der Waals surface area contributed by atoms with Crippen LogP contribution >= 0.6 is 0 Å². The fourth-order valence-corrected chi connectivity index (χ4v) is 3.29. The number of rotatable bonds is 10. The first-order chi connectivity index (χ1) is 14.5. The van der Waals surface area contributed by atoms with Gasteiger partial charge in [0.1, 0.15) is 11.5 Å². The molecule has 5 nitrogen and oxygen atoms in total. The number of carbonyl (C=O) groups is 1. The maximum atomic E-state index is 11.5. The van der Waals surface area contributed by atoms with Gasteiger partial charge in [0.2, 0.25) is 11.8 Å². The van der Waals surface area contributed by atoms with E-state index >= 15 is 0 Å². The van der Waals surface area contributed by atoms with Crippen molar-refractivity contribution in [1.29, 1.82) is 0 Å². The summed E-state index contributed by atoms with van der Waals surface area (Å²) in [5, 5.41) is 0. The second-order valence-corrected chi connectivity index (χ2v) is 7.56. The molecule has 0 bridgehead atoms. The van der Waals surface area contributed by atoms with Gasteiger partial charge < -0.3 is 15.2 Å². The lowest BCUT2D eigenvalue weighted by atomic mass is 9.89. The van der Waals surface area contributed by atoms with Crippen molar-refractivity contribution in [2.45, 2.75) is 45.1 Å². The second-order valence-electron chi connectivity index (χ2n) is 7.56. The third-order valence-corrected chi connectivity index (χ3v) is 4.72.